The topological polar surface area (TPSA) is 83.9 Å². The molecule has 0 unspecified atom stereocenters. The summed E-state index contributed by atoms with van der Waals surface area (Å²) in [5, 5.41) is 2.81. The standard InChI is InChI=1S/C28H32N4O4/c1-20(2)32-18-22(27(34)29-17-21-9-5-4-6-10-21)26(33)23(19-32)28(35)31-15-13-30(14-16-31)24-11-7-8-12-25(24)36-3/h4-12,18-20H,13-17H2,1-3H3,(H,29,34). The Labute approximate surface area is 211 Å². The third kappa shape index (κ3) is 5.43. The average Bonchev–Trinajstić information content (AvgIpc) is 2.92. The van der Waals surface area contributed by atoms with Crippen LogP contribution in [0.5, 0.6) is 5.75 Å². The molecule has 0 atom stereocenters. The number of piperazine rings is 1. The summed E-state index contributed by atoms with van der Waals surface area (Å²) in [5.41, 5.74) is 1.34. The van der Waals surface area contributed by atoms with Crippen LogP contribution < -0.4 is 20.4 Å². The van der Waals surface area contributed by atoms with Crippen LogP contribution in [0.15, 0.2) is 71.8 Å². The van der Waals surface area contributed by atoms with Gasteiger partial charge in [0.15, 0.2) is 0 Å². The fraction of sp³-hybridized carbons (Fsp3) is 0.321. The molecule has 1 aliphatic heterocycles. The summed E-state index contributed by atoms with van der Waals surface area (Å²) >= 11 is 0. The van der Waals surface area contributed by atoms with Gasteiger partial charge in [-0.05, 0) is 31.5 Å². The Balaban J connectivity index is 1.53. The molecule has 1 fully saturated rings. The Morgan fingerprint density at radius 2 is 1.56 bits per heavy atom. The number of pyridine rings is 1. The molecule has 0 bridgehead atoms. The van der Waals surface area contributed by atoms with Crippen LogP contribution in [0.2, 0.25) is 0 Å². The number of benzene rings is 2. The van der Waals surface area contributed by atoms with Gasteiger partial charge in [-0.15, -0.1) is 0 Å². The predicted molar refractivity (Wildman–Crippen MR) is 140 cm³/mol. The van der Waals surface area contributed by atoms with Crippen LogP contribution in [0.25, 0.3) is 0 Å². The molecular formula is C28H32N4O4. The maximum Gasteiger partial charge on any atom is 0.259 e. The van der Waals surface area contributed by atoms with Gasteiger partial charge in [0, 0.05) is 51.2 Å². The SMILES string of the molecule is COc1ccccc1N1CCN(C(=O)c2cn(C(C)C)cc(C(=O)NCc3ccccc3)c2=O)CC1. The van der Waals surface area contributed by atoms with Crippen LogP contribution in [0.4, 0.5) is 5.69 Å². The van der Waals surface area contributed by atoms with Gasteiger partial charge >= 0.3 is 0 Å². The summed E-state index contributed by atoms with van der Waals surface area (Å²) in [6, 6.07) is 17.2. The van der Waals surface area contributed by atoms with Crippen LogP contribution in [0.1, 0.15) is 46.2 Å². The van der Waals surface area contributed by atoms with Crippen LogP contribution in [-0.2, 0) is 6.54 Å². The number of ether oxygens (including phenoxy) is 1. The van der Waals surface area contributed by atoms with E-state index in [2.05, 4.69) is 10.2 Å². The molecule has 36 heavy (non-hydrogen) atoms. The highest BCUT2D eigenvalue weighted by atomic mass is 16.5. The second-order valence-corrected chi connectivity index (χ2v) is 9.08. The summed E-state index contributed by atoms with van der Waals surface area (Å²) in [6.07, 6.45) is 3.10. The summed E-state index contributed by atoms with van der Waals surface area (Å²) in [5.74, 6) is -0.0630. The molecule has 1 aromatic heterocycles. The number of nitrogens with one attached hydrogen (secondary N) is 1. The number of nitrogens with zero attached hydrogens (tertiary/aromatic N) is 3. The minimum Gasteiger partial charge on any atom is -0.495 e. The zero-order valence-electron chi connectivity index (χ0n) is 20.9. The lowest BCUT2D eigenvalue weighted by Gasteiger charge is -2.36. The van der Waals surface area contributed by atoms with Crippen LogP contribution in [0, 0.1) is 0 Å². The lowest BCUT2D eigenvalue weighted by atomic mass is 10.1. The van der Waals surface area contributed by atoms with Crippen LogP contribution >= 0.6 is 0 Å². The number of rotatable bonds is 7. The molecule has 2 amide bonds. The summed E-state index contributed by atoms with van der Waals surface area (Å²) in [6.45, 7) is 6.32. The minimum absolute atomic E-state index is 0.0156. The number of aromatic nitrogens is 1. The first kappa shape index (κ1) is 25.0. The Hall–Kier alpha value is -4.07. The maximum absolute atomic E-state index is 13.5. The number of methoxy groups -OCH3 is 1. The Kier molecular flexibility index (Phi) is 7.73. The van der Waals surface area contributed by atoms with Crippen molar-refractivity contribution >= 4 is 17.5 Å². The van der Waals surface area contributed by atoms with E-state index in [1.807, 2.05) is 68.4 Å². The molecule has 2 heterocycles. The molecule has 8 nitrogen and oxygen atoms in total. The molecule has 8 heteroatoms. The number of hydrogen-bond donors (Lipinski definition) is 1. The fourth-order valence-electron chi connectivity index (χ4n) is 4.30. The smallest absolute Gasteiger partial charge is 0.259 e. The lowest BCUT2D eigenvalue weighted by molar-refractivity contribution is 0.0744. The number of carbonyl (C=O) groups is 2. The first-order valence-corrected chi connectivity index (χ1v) is 12.1. The Bertz CT molecular complexity index is 1280. The third-order valence-electron chi connectivity index (χ3n) is 6.41. The Morgan fingerprint density at radius 3 is 2.22 bits per heavy atom. The van der Waals surface area contributed by atoms with E-state index in [0.29, 0.717) is 32.7 Å². The van der Waals surface area contributed by atoms with E-state index in [1.165, 1.54) is 6.20 Å². The highest BCUT2D eigenvalue weighted by Gasteiger charge is 2.27. The summed E-state index contributed by atoms with van der Waals surface area (Å²) < 4.78 is 7.22. The fourth-order valence-corrected chi connectivity index (χ4v) is 4.30. The van der Waals surface area contributed by atoms with Gasteiger partial charge in [0.1, 0.15) is 16.9 Å². The van der Waals surface area contributed by atoms with Gasteiger partial charge in [-0.2, -0.15) is 0 Å². The van der Waals surface area contributed by atoms with E-state index < -0.39 is 11.3 Å². The quantitative estimate of drug-likeness (QED) is 0.552. The lowest BCUT2D eigenvalue weighted by Crippen LogP contribution is -2.50. The third-order valence-corrected chi connectivity index (χ3v) is 6.41. The molecule has 1 aliphatic rings. The maximum atomic E-state index is 13.5. The molecule has 1 saturated heterocycles. The molecule has 4 rings (SSSR count). The van der Waals surface area contributed by atoms with Crippen molar-refractivity contribution in [3.63, 3.8) is 0 Å². The highest BCUT2D eigenvalue weighted by Crippen LogP contribution is 2.28. The van der Waals surface area contributed by atoms with E-state index in [1.54, 1.807) is 22.8 Å². The number of anilines is 1. The zero-order valence-corrected chi connectivity index (χ0v) is 20.9. The molecular weight excluding hydrogens is 456 g/mol. The zero-order chi connectivity index (χ0) is 25.7. The van der Waals surface area contributed by atoms with E-state index in [9.17, 15) is 14.4 Å². The van der Waals surface area contributed by atoms with Crippen molar-refractivity contribution in [3.8, 4) is 5.75 Å². The van der Waals surface area contributed by atoms with Crippen molar-refractivity contribution in [1.29, 1.82) is 0 Å². The number of carbonyl (C=O) groups excluding carboxylic acids is 2. The highest BCUT2D eigenvalue weighted by molar-refractivity contribution is 5.99. The first-order chi connectivity index (χ1) is 17.4. The predicted octanol–water partition coefficient (Wildman–Crippen LogP) is 3.33. The molecule has 188 valence electrons. The molecule has 3 aromatic rings. The molecule has 1 N–H and O–H groups in total. The molecule has 2 aromatic carbocycles. The van der Waals surface area contributed by atoms with E-state index in [4.69, 9.17) is 4.74 Å². The summed E-state index contributed by atoms with van der Waals surface area (Å²) in [4.78, 5) is 43.6. The van der Waals surface area contributed by atoms with Crippen LogP contribution in [-0.4, -0.2) is 54.6 Å². The minimum atomic E-state index is -0.547. The molecule has 0 spiro atoms. The largest absolute Gasteiger partial charge is 0.495 e. The van der Waals surface area contributed by atoms with Gasteiger partial charge in [-0.3, -0.25) is 14.4 Å². The van der Waals surface area contributed by atoms with E-state index in [0.717, 1.165) is 17.0 Å². The van der Waals surface area contributed by atoms with Crippen LogP contribution in [0.3, 0.4) is 0 Å². The second kappa shape index (κ2) is 11.1. The molecule has 0 aliphatic carbocycles. The van der Waals surface area contributed by atoms with Gasteiger partial charge in [0.05, 0.1) is 12.8 Å². The summed E-state index contributed by atoms with van der Waals surface area (Å²) in [7, 11) is 1.64. The van der Waals surface area contributed by atoms with Crippen molar-refractivity contribution in [2.45, 2.75) is 26.4 Å². The van der Waals surface area contributed by atoms with Crippen molar-refractivity contribution in [3.05, 3.63) is 93.9 Å². The van der Waals surface area contributed by atoms with Gasteiger partial charge in [0.25, 0.3) is 11.8 Å². The first-order valence-electron chi connectivity index (χ1n) is 12.1. The van der Waals surface area contributed by atoms with Gasteiger partial charge < -0.3 is 24.4 Å². The van der Waals surface area contributed by atoms with Gasteiger partial charge in [-0.1, -0.05) is 42.5 Å². The van der Waals surface area contributed by atoms with Crippen molar-refractivity contribution in [2.24, 2.45) is 0 Å². The molecule has 0 radical (unpaired) electrons. The van der Waals surface area contributed by atoms with Crippen molar-refractivity contribution in [2.75, 3.05) is 38.2 Å². The van der Waals surface area contributed by atoms with Crippen molar-refractivity contribution in [1.82, 2.24) is 14.8 Å². The van der Waals surface area contributed by atoms with Gasteiger partial charge in [-0.25, -0.2) is 0 Å². The van der Waals surface area contributed by atoms with E-state index >= 15 is 0 Å². The number of amides is 2. The normalized spacial score (nSPS) is 13.6. The second-order valence-electron chi connectivity index (χ2n) is 9.08. The Morgan fingerprint density at radius 1 is 0.917 bits per heavy atom. The number of hydrogen-bond acceptors (Lipinski definition) is 5. The van der Waals surface area contributed by atoms with Crippen molar-refractivity contribution < 1.29 is 14.3 Å². The van der Waals surface area contributed by atoms with Gasteiger partial charge in [0.2, 0.25) is 5.43 Å². The monoisotopic (exact) mass is 488 g/mol. The average molecular weight is 489 g/mol. The molecule has 0 saturated carbocycles. The van der Waals surface area contributed by atoms with E-state index in [-0.39, 0.29) is 23.1 Å². The number of para-hydroxylation sites is 2.